The summed E-state index contributed by atoms with van der Waals surface area (Å²) < 4.78 is 4.92. The Hall–Kier alpha value is -1.65. The predicted octanol–water partition coefficient (Wildman–Crippen LogP) is 2.08. The van der Waals surface area contributed by atoms with Gasteiger partial charge in [-0.3, -0.25) is 4.79 Å². The van der Waals surface area contributed by atoms with Crippen LogP contribution in [0.25, 0.3) is 0 Å². The van der Waals surface area contributed by atoms with Crippen molar-refractivity contribution in [2.45, 2.75) is 39.7 Å². The van der Waals surface area contributed by atoms with Crippen LogP contribution >= 0.6 is 0 Å². The maximum Gasteiger partial charge on any atom is 0.226 e. The average Bonchev–Trinajstić information content (AvgIpc) is 2.82. The molecule has 0 radical (unpaired) electrons. The van der Waals surface area contributed by atoms with Crippen LogP contribution in [0.1, 0.15) is 37.9 Å². The summed E-state index contributed by atoms with van der Waals surface area (Å²) in [6.07, 6.45) is 7.02. The molecule has 0 aromatic carbocycles. The molecule has 2 rings (SSSR count). The molecule has 0 aliphatic heterocycles. The van der Waals surface area contributed by atoms with Crippen LogP contribution in [0.2, 0.25) is 0 Å². The lowest BCUT2D eigenvalue weighted by molar-refractivity contribution is -0.136. The standard InChI is InChI=1S/C13H19N3O2/c1-3-16(9-12-14-10(2)18-15-12)13(17)11-7-5-4-6-8-11/h4-5,11H,3,6-9H2,1-2H3/t11-/m1/s1. The quantitative estimate of drug-likeness (QED) is 0.766. The zero-order valence-corrected chi connectivity index (χ0v) is 10.9. The summed E-state index contributed by atoms with van der Waals surface area (Å²) in [5.74, 6) is 1.43. The highest BCUT2D eigenvalue weighted by Crippen LogP contribution is 2.21. The van der Waals surface area contributed by atoms with Crippen LogP contribution in [0, 0.1) is 12.8 Å². The Bertz CT molecular complexity index is 439. The van der Waals surface area contributed by atoms with E-state index in [1.165, 1.54) is 0 Å². The van der Waals surface area contributed by atoms with Crippen LogP contribution in [0.5, 0.6) is 0 Å². The van der Waals surface area contributed by atoms with Crippen LogP contribution in [-0.2, 0) is 11.3 Å². The van der Waals surface area contributed by atoms with Crippen molar-refractivity contribution in [1.29, 1.82) is 0 Å². The van der Waals surface area contributed by atoms with E-state index in [1.807, 2.05) is 6.92 Å². The number of aryl methyl sites for hydroxylation is 1. The maximum atomic E-state index is 12.3. The molecule has 1 aromatic rings. The molecular weight excluding hydrogens is 230 g/mol. The SMILES string of the molecule is CCN(Cc1noc(C)n1)C(=O)[C@@H]1CC=CCC1. The van der Waals surface area contributed by atoms with Crippen LogP contribution in [0.4, 0.5) is 0 Å². The fourth-order valence-corrected chi connectivity index (χ4v) is 2.20. The first-order valence-electron chi connectivity index (χ1n) is 6.43. The van der Waals surface area contributed by atoms with Gasteiger partial charge in [0.2, 0.25) is 11.8 Å². The molecule has 1 atom stereocenters. The Kier molecular flexibility index (Phi) is 4.12. The van der Waals surface area contributed by atoms with Crippen molar-refractivity contribution in [3.63, 3.8) is 0 Å². The first-order valence-corrected chi connectivity index (χ1v) is 6.43. The average molecular weight is 249 g/mol. The fourth-order valence-electron chi connectivity index (χ4n) is 2.20. The molecule has 98 valence electrons. The second-order valence-electron chi connectivity index (χ2n) is 4.56. The third-order valence-corrected chi connectivity index (χ3v) is 3.21. The van der Waals surface area contributed by atoms with Gasteiger partial charge < -0.3 is 9.42 Å². The van der Waals surface area contributed by atoms with E-state index in [4.69, 9.17) is 4.52 Å². The van der Waals surface area contributed by atoms with E-state index in [9.17, 15) is 4.79 Å². The zero-order valence-electron chi connectivity index (χ0n) is 10.9. The summed E-state index contributed by atoms with van der Waals surface area (Å²) in [5.41, 5.74) is 0. The minimum atomic E-state index is 0.114. The number of amides is 1. The molecule has 18 heavy (non-hydrogen) atoms. The van der Waals surface area contributed by atoms with Crippen molar-refractivity contribution in [1.82, 2.24) is 15.0 Å². The van der Waals surface area contributed by atoms with Gasteiger partial charge in [0.05, 0.1) is 6.54 Å². The van der Waals surface area contributed by atoms with Crippen LogP contribution in [-0.4, -0.2) is 27.5 Å². The van der Waals surface area contributed by atoms with Gasteiger partial charge in [-0.1, -0.05) is 17.3 Å². The smallest absolute Gasteiger partial charge is 0.226 e. The largest absolute Gasteiger partial charge is 0.340 e. The van der Waals surface area contributed by atoms with Gasteiger partial charge in [0.1, 0.15) is 0 Å². The number of carbonyl (C=O) groups is 1. The molecule has 0 unspecified atom stereocenters. The van der Waals surface area contributed by atoms with Gasteiger partial charge in [-0.15, -0.1) is 0 Å². The zero-order chi connectivity index (χ0) is 13.0. The molecule has 0 fully saturated rings. The summed E-state index contributed by atoms with van der Waals surface area (Å²) in [6.45, 7) is 4.84. The van der Waals surface area contributed by atoms with E-state index in [1.54, 1.807) is 11.8 Å². The molecule has 0 bridgehead atoms. The lowest BCUT2D eigenvalue weighted by Crippen LogP contribution is -2.36. The van der Waals surface area contributed by atoms with Crippen molar-refractivity contribution in [2.24, 2.45) is 5.92 Å². The highest BCUT2D eigenvalue weighted by molar-refractivity contribution is 5.79. The maximum absolute atomic E-state index is 12.3. The van der Waals surface area contributed by atoms with E-state index in [2.05, 4.69) is 22.3 Å². The first-order chi connectivity index (χ1) is 8.70. The normalized spacial score (nSPS) is 18.9. The summed E-state index contributed by atoms with van der Waals surface area (Å²) >= 11 is 0. The van der Waals surface area contributed by atoms with Gasteiger partial charge in [-0.05, 0) is 26.2 Å². The Morgan fingerprint density at radius 3 is 2.94 bits per heavy atom. The van der Waals surface area contributed by atoms with E-state index in [0.717, 1.165) is 19.3 Å². The van der Waals surface area contributed by atoms with Crippen molar-refractivity contribution >= 4 is 5.91 Å². The Balaban J connectivity index is 1.99. The molecule has 1 amide bonds. The molecule has 0 spiro atoms. The van der Waals surface area contributed by atoms with Crippen LogP contribution in [0.15, 0.2) is 16.7 Å². The first kappa shape index (κ1) is 12.8. The van der Waals surface area contributed by atoms with Gasteiger partial charge in [0.25, 0.3) is 0 Å². The van der Waals surface area contributed by atoms with Crippen molar-refractivity contribution in [2.75, 3.05) is 6.54 Å². The number of hydrogen-bond donors (Lipinski definition) is 0. The highest BCUT2D eigenvalue weighted by Gasteiger charge is 2.24. The third kappa shape index (κ3) is 2.97. The van der Waals surface area contributed by atoms with Crippen molar-refractivity contribution in [3.8, 4) is 0 Å². The second kappa shape index (κ2) is 5.80. The number of carbonyl (C=O) groups excluding carboxylic acids is 1. The highest BCUT2D eigenvalue weighted by atomic mass is 16.5. The lowest BCUT2D eigenvalue weighted by atomic mass is 9.93. The van der Waals surface area contributed by atoms with E-state index < -0.39 is 0 Å². The molecule has 0 N–H and O–H groups in total. The number of hydrogen-bond acceptors (Lipinski definition) is 4. The predicted molar refractivity (Wildman–Crippen MR) is 66.6 cm³/mol. The summed E-state index contributed by atoms with van der Waals surface area (Å²) in [7, 11) is 0. The molecule has 1 aliphatic rings. The molecule has 1 aromatic heterocycles. The van der Waals surface area contributed by atoms with Crippen molar-refractivity contribution < 1.29 is 9.32 Å². The van der Waals surface area contributed by atoms with Gasteiger partial charge in [0, 0.05) is 19.4 Å². The summed E-state index contributed by atoms with van der Waals surface area (Å²) in [6, 6.07) is 0. The van der Waals surface area contributed by atoms with E-state index >= 15 is 0 Å². The van der Waals surface area contributed by atoms with Crippen LogP contribution < -0.4 is 0 Å². The Morgan fingerprint density at radius 1 is 1.56 bits per heavy atom. The topological polar surface area (TPSA) is 59.2 Å². The summed E-state index contributed by atoms with van der Waals surface area (Å²) in [5, 5.41) is 3.84. The van der Waals surface area contributed by atoms with Gasteiger partial charge >= 0.3 is 0 Å². The lowest BCUT2D eigenvalue weighted by Gasteiger charge is -2.25. The molecule has 0 saturated heterocycles. The molecule has 0 saturated carbocycles. The number of nitrogens with zero attached hydrogens (tertiary/aromatic N) is 3. The third-order valence-electron chi connectivity index (χ3n) is 3.21. The Morgan fingerprint density at radius 2 is 2.39 bits per heavy atom. The van der Waals surface area contributed by atoms with E-state index in [0.29, 0.717) is 24.8 Å². The molecule has 5 nitrogen and oxygen atoms in total. The molecular formula is C13H19N3O2. The second-order valence-corrected chi connectivity index (χ2v) is 4.56. The van der Waals surface area contributed by atoms with Crippen LogP contribution in [0.3, 0.4) is 0 Å². The number of allylic oxidation sites excluding steroid dienone is 2. The summed E-state index contributed by atoms with van der Waals surface area (Å²) in [4.78, 5) is 18.3. The van der Waals surface area contributed by atoms with Gasteiger partial charge in [-0.2, -0.15) is 4.98 Å². The monoisotopic (exact) mass is 249 g/mol. The van der Waals surface area contributed by atoms with Crippen molar-refractivity contribution in [3.05, 3.63) is 23.9 Å². The minimum Gasteiger partial charge on any atom is -0.340 e. The minimum absolute atomic E-state index is 0.114. The van der Waals surface area contributed by atoms with Gasteiger partial charge in [0.15, 0.2) is 5.82 Å². The fraction of sp³-hybridized carbons (Fsp3) is 0.615. The Labute approximate surface area is 107 Å². The van der Waals surface area contributed by atoms with E-state index in [-0.39, 0.29) is 11.8 Å². The number of aromatic nitrogens is 2. The molecule has 1 aliphatic carbocycles. The van der Waals surface area contributed by atoms with Gasteiger partial charge in [-0.25, -0.2) is 0 Å². The molecule has 5 heteroatoms. The number of rotatable bonds is 4. The molecule has 1 heterocycles.